The average Bonchev–Trinajstić information content (AvgIpc) is 2.88. The summed E-state index contributed by atoms with van der Waals surface area (Å²) < 4.78 is 11.0. The smallest absolute Gasteiger partial charge is 0.409 e. The highest BCUT2D eigenvalue weighted by Gasteiger charge is 2.26. The van der Waals surface area contributed by atoms with E-state index in [1.54, 1.807) is 22.1 Å². The molecule has 4 rings (SSSR count). The van der Waals surface area contributed by atoms with Gasteiger partial charge in [-0.2, -0.15) is 4.28 Å². The van der Waals surface area contributed by atoms with Crippen LogP contribution in [0.1, 0.15) is 29.8 Å². The molecule has 1 aliphatic heterocycles. The molecule has 1 aromatic heterocycles. The third kappa shape index (κ3) is 6.23. The van der Waals surface area contributed by atoms with Crippen LogP contribution in [0.4, 0.5) is 10.5 Å². The minimum Gasteiger partial charge on any atom is -0.449 e. The number of hydrogen-bond donors (Lipinski definition) is 1. The van der Waals surface area contributed by atoms with Crippen molar-refractivity contribution >= 4 is 40.6 Å². The van der Waals surface area contributed by atoms with E-state index in [0.717, 1.165) is 27.0 Å². The second-order valence-corrected chi connectivity index (χ2v) is 9.65. The van der Waals surface area contributed by atoms with Crippen molar-refractivity contribution in [1.82, 2.24) is 14.8 Å². The predicted octanol–water partition coefficient (Wildman–Crippen LogP) is 5.14. The summed E-state index contributed by atoms with van der Waals surface area (Å²) in [6.45, 7) is 8.22. The molecule has 2 aromatic carbocycles. The van der Waals surface area contributed by atoms with E-state index in [4.69, 9.17) is 9.02 Å². The molecule has 1 saturated heterocycles. The fourth-order valence-electron chi connectivity index (χ4n) is 3.77. The number of nitrogens with zero attached hydrogens (tertiary/aromatic N) is 3. The van der Waals surface area contributed by atoms with Crippen LogP contribution in [-0.4, -0.2) is 59.6 Å². The Hall–Kier alpha value is -3.30. The first-order valence-electron chi connectivity index (χ1n) is 11.7. The third-order valence-corrected chi connectivity index (χ3v) is 6.39. The maximum absolute atomic E-state index is 13.0. The Balaban J connectivity index is 1.30. The lowest BCUT2D eigenvalue weighted by Gasteiger charge is -2.34. The van der Waals surface area contributed by atoms with E-state index in [0.29, 0.717) is 44.3 Å². The summed E-state index contributed by atoms with van der Waals surface area (Å²) in [4.78, 5) is 33.9. The monoisotopic (exact) mass is 494 g/mol. The van der Waals surface area contributed by atoms with E-state index in [1.807, 2.05) is 63.2 Å². The van der Waals surface area contributed by atoms with E-state index in [1.165, 1.54) is 12.0 Å². The van der Waals surface area contributed by atoms with Crippen LogP contribution in [0, 0.1) is 12.8 Å². The first-order valence-corrected chi connectivity index (χ1v) is 12.4. The number of fused-ring (bicyclic) bond motifs is 1. The summed E-state index contributed by atoms with van der Waals surface area (Å²) in [7, 11) is 0. The van der Waals surface area contributed by atoms with Crippen molar-refractivity contribution < 1.29 is 18.6 Å². The highest BCUT2D eigenvalue weighted by atomic mass is 32.2. The number of piperazine rings is 1. The zero-order valence-electron chi connectivity index (χ0n) is 20.2. The molecule has 0 unspecified atom stereocenters. The molecule has 184 valence electrons. The molecule has 3 aromatic rings. The Morgan fingerprint density at radius 2 is 1.80 bits per heavy atom. The molecule has 1 N–H and O–H groups in total. The molecule has 9 heteroatoms. The lowest BCUT2D eigenvalue weighted by molar-refractivity contribution is 0.0535. The number of carbonyl (C=O) groups is 2. The fourth-order valence-corrected chi connectivity index (χ4v) is 4.37. The topological polar surface area (TPSA) is 84.0 Å². The Morgan fingerprint density at radius 3 is 2.54 bits per heavy atom. The van der Waals surface area contributed by atoms with Crippen molar-refractivity contribution in [3.63, 3.8) is 0 Å². The number of hydrogen-bond acceptors (Lipinski definition) is 7. The largest absolute Gasteiger partial charge is 0.449 e. The molecule has 8 nitrogen and oxygen atoms in total. The van der Waals surface area contributed by atoms with Crippen LogP contribution in [0.15, 0.2) is 59.6 Å². The number of aromatic nitrogens is 1. The molecule has 1 fully saturated rings. The highest BCUT2D eigenvalue weighted by Crippen LogP contribution is 2.28. The molecule has 0 aliphatic carbocycles. The summed E-state index contributed by atoms with van der Waals surface area (Å²) in [5.74, 6) is 0.244. The fraction of sp³-hybridized carbons (Fsp3) is 0.346. The molecule has 0 spiro atoms. The number of nitrogens with one attached hydrogen (secondary N) is 1. The zero-order chi connectivity index (χ0) is 24.8. The minimum absolute atomic E-state index is 0.0491. The van der Waals surface area contributed by atoms with Gasteiger partial charge in [0.1, 0.15) is 0 Å². The van der Waals surface area contributed by atoms with E-state index in [9.17, 15) is 9.59 Å². The number of benzene rings is 2. The lowest BCUT2D eigenvalue weighted by Crippen LogP contribution is -2.50. The zero-order valence-corrected chi connectivity index (χ0v) is 21.0. The maximum atomic E-state index is 13.0. The summed E-state index contributed by atoms with van der Waals surface area (Å²) in [5, 5.41) is 1.05. The molecular formula is C26H30N4O4S. The van der Waals surface area contributed by atoms with Gasteiger partial charge in [0.05, 0.1) is 34.7 Å². The van der Waals surface area contributed by atoms with Crippen molar-refractivity contribution in [2.24, 2.45) is 5.92 Å². The number of aryl methyl sites for hydroxylation is 1. The molecule has 2 amide bonds. The van der Waals surface area contributed by atoms with Gasteiger partial charge in [-0.15, -0.1) is 0 Å². The Labute approximate surface area is 209 Å². The molecule has 2 heterocycles. The van der Waals surface area contributed by atoms with Gasteiger partial charge in [0.25, 0.3) is 5.91 Å². The van der Waals surface area contributed by atoms with Gasteiger partial charge in [0.15, 0.2) is 0 Å². The van der Waals surface area contributed by atoms with Crippen molar-refractivity contribution in [1.29, 1.82) is 0 Å². The van der Waals surface area contributed by atoms with Crippen LogP contribution in [-0.2, 0) is 9.02 Å². The van der Waals surface area contributed by atoms with Crippen molar-refractivity contribution in [2.45, 2.75) is 25.7 Å². The highest BCUT2D eigenvalue weighted by molar-refractivity contribution is 7.95. The second-order valence-electron chi connectivity index (χ2n) is 8.88. The number of carbonyl (C=O) groups excluding carboxylic acids is 2. The number of pyridine rings is 1. The van der Waals surface area contributed by atoms with Crippen LogP contribution in [0.3, 0.4) is 0 Å². The van der Waals surface area contributed by atoms with Gasteiger partial charge >= 0.3 is 6.09 Å². The maximum Gasteiger partial charge on any atom is 0.409 e. The number of amides is 2. The molecule has 1 aliphatic rings. The Kier molecular flexibility index (Phi) is 8.09. The van der Waals surface area contributed by atoms with Crippen LogP contribution in [0.2, 0.25) is 0 Å². The second kappa shape index (κ2) is 11.4. The first-order chi connectivity index (χ1) is 16.9. The summed E-state index contributed by atoms with van der Waals surface area (Å²) >= 11 is 1.20. The number of anilines is 1. The normalized spacial score (nSPS) is 13.8. The SMILES string of the molecule is Cc1cc(C(=O)N2CCN(C(=O)OCC(C)C)CC2)ccc1NOSc1cccc2cccnc12. The number of para-hydroxylation sites is 1. The van der Waals surface area contributed by atoms with Gasteiger partial charge in [0.2, 0.25) is 0 Å². The standard InChI is InChI=1S/C26H30N4O4S/c1-18(2)17-33-26(32)30-14-12-29(13-15-30)25(31)21-9-10-22(19(3)16-21)28-34-35-23-8-4-6-20-7-5-11-27-24(20)23/h4-11,16,18,28H,12-15,17H2,1-3H3. The van der Waals surface area contributed by atoms with Crippen LogP contribution < -0.4 is 5.48 Å². The van der Waals surface area contributed by atoms with Crippen LogP contribution >= 0.6 is 12.0 Å². The molecule has 35 heavy (non-hydrogen) atoms. The molecule has 0 atom stereocenters. The Bertz CT molecular complexity index is 1190. The van der Waals surface area contributed by atoms with Crippen molar-refractivity contribution in [3.8, 4) is 0 Å². The Morgan fingerprint density at radius 1 is 1.06 bits per heavy atom. The molecular weight excluding hydrogens is 464 g/mol. The van der Waals surface area contributed by atoms with Crippen LogP contribution in [0.5, 0.6) is 0 Å². The molecule has 0 radical (unpaired) electrons. The summed E-state index contributed by atoms with van der Waals surface area (Å²) in [6, 6.07) is 15.3. The lowest BCUT2D eigenvalue weighted by atomic mass is 10.1. The van der Waals surface area contributed by atoms with E-state index in [-0.39, 0.29) is 12.0 Å². The van der Waals surface area contributed by atoms with Gasteiger partial charge in [-0.25, -0.2) is 4.79 Å². The number of rotatable bonds is 7. The average molecular weight is 495 g/mol. The van der Waals surface area contributed by atoms with Gasteiger partial charge in [-0.05, 0) is 48.7 Å². The number of ether oxygens (including phenoxy) is 1. The van der Waals surface area contributed by atoms with Crippen molar-refractivity contribution in [2.75, 3.05) is 38.3 Å². The molecule has 0 bridgehead atoms. The summed E-state index contributed by atoms with van der Waals surface area (Å²) in [5.41, 5.74) is 6.12. The third-order valence-electron chi connectivity index (χ3n) is 5.72. The van der Waals surface area contributed by atoms with Gasteiger partial charge in [-0.3, -0.25) is 15.3 Å². The summed E-state index contributed by atoms with van der Waals surface area (Å²) in [6.07, 6.45) is 1.45. The quantitative estimate of drug-likeness (QED) is 0.359. The minimum atomic E-state index is -0.311. The molecule has 0 saturated carbocycles. The van der Waals surface area contributed by atoms with E-state index < -0.39 is 0 Å². The first kappa shape index (κ1) is 24.8. The van der Waals surface area contributed by atoms with Gasteiger partial charge in [-0.1, -0.05) is 32.0 Å². The van der Waals surface area contributed by atoms with Crippen LogP contribution in [0.25, 0.3) is 10.9 Å². The van der Waals surface area contributed by atoms with Gasteiger partial charge in [0, 0.05) is 43.3 Å². The van der Waals surface area contributed by atoms with Gasteiger partial charge < -0.3 is 14.5 Å². The predicted molar refractivity (Wildman–Crippen MR) is 137 cm³/mol. The van der Waals surface area contributed by atoms with Crippen molar-refractivity contribution in [3.05, 3.63) is 65.9 Å². The van der Waals surface area contributed by atoms with E-state index >= 15 is 0 Å². The van der Waals surface area contributed by atoms with E-state index in [2.05, 4.69) is 10.5 Å².